The molecule has 0 spiro atoms. The van der Waals surface area contributed by atoms with Crippen LogP contribution in [0.4, 0.5) is 0 Å². The maximum atomic E-state index is 4.93. The Morgan fingerprint density at radius 2 is 1.19 bits per heavy atom. The van der Waals surface area contributed by atoms with E-state index in [1.807, 2.05) is 17.4 Å². The molecule has 0 aliphatic heterocycles. The number of benzene rings is 4. The number of nitrogens with zero attached hydrogens (tertiary/aromatic N) is 2. The van der Waals surface area contributed by atoms with E-state index in [1.54, 1.807) is 0 Å². The molecule has 0 amide bonds. The first-order chi connectivity index (χ1) is 15.7. The van der Waals surface area contributed by atoms with Crippen molar-refractivity contribution in [3.8, 4) is 33.8 Å². The SMILES string of the molecule is Ic1cc(-c2ccc3c(c2)sc2ccccc23)nc(-c2ccc(-c3ccccc3)cc2)n1. The molecule has 0 N–H and O–H groups in total. The Hall–Kier alpha value is -3.09. The quantitative estimate of drug-likeness (QED) is 0.166. The zero-order chi connectivity index (χ0) is 21.5. The minimum atomic E-state index is 0.753. The first-order valence-corrected chi connectivity index (χ1v) is 12.3. The molecule has 0 aliphatic carbocycles. The predicted molar refractivity (Wildman–Crippen MR) is 144 cm³/mol. The molecule has 0 aliphatic rings. The molecule has 0 bridgehead atoms. The van der Waals surface area contributed by atoms with Crippen molar-refractivity contribution in [2.45, 2.75) is 0 Å². The number of rotatable bonds is 3. The first-order valence-electron chi connectivity index (χ1n) is 10.4. The Bertz CT molecular complexity index is 1570. The van der Waals surface area contributed by atoms with Gasteiger partial charge in [0.2, 0.25) is 0 Å². The maximum absolute atomic E-state index is 4.93. The highest BCUT2D eigenvalue weighted by Crippen LogP contribution is 2.36. The normalized spacial score (nSPS) is 11.3. The summed E-state index contributed by atoms with van der Waals surface area (Å²) in [6.45, 7) is 0. The summed E-state index contributed by atoms with van der Waals surface area (Å²) in [5.74, 6) is 0.753. The molecular weight excluding hydrogens is 523 g/mol. The summed E-state index contributed by atoms with van der Waals surface area (Å²) in [5.41, 5.74) is 5.49. The van der Waals surface area contributed by atoms with Crippen LogP contribution in [0.15, 0.2) is 103 Å². The Balaban J connectivity index is 1.40. The van der Waals surface area contributed by atoms with Crippen molar-refractivity contribution >= 4 is 54.1 Å². The highest BCUT2D eigenvalue weighted by molar-refractivity contribution is 14.1. The second-order valence-electron chi connectivity index (χ2n) is 7.65. The molecule has 152 valence electrons. The molecule has 6 aromatic rings. The third-order valence-corrected chi connectivity index (χ3v) is 7.31. The fourth-order valence-electron chi connectivity index (χ4n) is 4.02. The van der Waals surface area contributed by atoms with Crippen LogP contribution in [0.2, 0.25) is 0 Å². The summed E-state index contributed by atoms with van der Waals surface area (Å²) >= 11 is 4.11. The van der Waals surface area contributed by atoms with Gasteiger partial charge >= 0.3 is 0 Å². The van der Waals surface area contributed by atoms with E-state index >= 15 is 0 Å². The predicted octanol–water partition coefficient (Wildman–Crippen LogP) is 8.45. The lowest BCUT2D eigenvalue weighted by molar-refractivity contribution is 1.15. The van der Waals surface area contributed by atoms with Crippen molar-refractivity contribution in [2.24, 2.45) is 0 Å². The lowest BCUT2D eigenvalue weighted by atomic mass is 10.0. The second-order valence-corrected chi connectivity index (χ2v) is 9.84. The Morgan fingerprint density at radius 1 is 0.531 bits per heavy atom. The molecular formula is C28H17IN2S. The van der Waals surface area contributed by atoms with Crippen LogP contribution in [0.3, 0.4) is 0 Å². The highest BCUT2D eigenvalue weighted by atomic mass is 127. The molecule has 32 heavy (non-hydrogen) atoms. The smallest absolute Gasteiger partial charge is 0.160 e. The van der Waals surface area contributed by atoms with Crippen LogP contribution < -0.4 is 0 Å². The first kappa shape index (κ1) is 19.6. The Morgan fingerprint density at radius 3 is 2.03 bits per heavy atom. The fourth-order valence-corrected chi connectivity index (χ4v) is 5.69. The van der Waals surface area contributed by atoms with Gasteiger partial charge in [0.05, 0.1) is 5.69 Å². The number of thiophene rings is 1. The van der Waals surface area contributed by atoms with Gasteiger partial charge in [-0.1, -0.05) is 84.9 Å². The molecule has 2 nitrogen and oxygen atoms in total. The molecule has 0 saturated carbocycles. The molecule has 2 aromatic heterocycles. The fraction of sp³-hybridized carbons (Fsp3) is 0. The van der Waals surface area contributed by atoms with Crippen LogP contribution in [0.5, 0.6) is 0 Å². The molecule has 0 fully saturated rings. The van der Waals surface area contributed by atoms with Gasteiger partial charge in [0, 0.05) is 31.3 Å². The van der Waals surface area contributed by atoms with Crippen molar-refractivity contribution in [1.29, 1.82) is 0 Å². The topological polar surface area (TPSA) is 25.8 Å². The van der Waals surface area contributed by atoms with Crippen molar-refractivity contribution < 1.29 is 0 Å². The van der Waals surface area contributed by atoms with Crippen molar-refractivity contribution in [1.82, 2.24) is 9.97 Å². The monoisotopic (exact) mass is 540 g/mol. The third kappa shape index (κ3) is 3.59. The van der Waals surface area contributed by atoms with Crippen LogP contribution in [0.25, 0.3) is 53.9 Å². The van der Waals surface area contributed by atoms with Crippen molar-refractivity contribution in [3.63, 3.8) is 0 Å². The lowest BCUT2D eigenvalue weighted by Gasteiger charge is -2.08. The molecule has 0 saturated heterocycles. The summed E-state index contributed by atoms with van der Waals surface area (Å²) in [5, 5.41) is 2.62. The van der Waals surface area contributed by atoms with Gasteiger partial charge in [-0.15, -0.1) is 11.3 Å². The van der Waals surface area contributed by atoms with Crippen molar-refractivity contribution in [2.75, 3.05) is 0 Å². The molecule has 0 atom stereocenters. The van der Waals surface area contributed by atoms with E-state index in [2.05, 4.69) is 120 Å². The lowest BCUT2D eigenvalue weighted by Crippen LogP contribution is -1.95. The Kier molecular flexibility index (Phi) is 4.97. The number of hydrogen-bond acceptors (Lipinski definition) is 3. The summed E-state index contributed by atoms with van der Waals surface area (Å²) in [4.78, 5) is 9.63. The van der Waals surface area contributed by atoms with E-state index in [-0.39, 0.29) is 0 Å². The number of aromatic nitrogens is 2. The minimum Gasteiger partial charge on any atom is -0.228 e. The zero-order valence-electron chi connectivity index (χ0n) is 17.0. The number of fused-ring (bicyclic) bond motifs is 3. The van der Waals surface area contributed by atoms with Crippen LogP contribution in [-0.4, -0.2) is 9.97 Å². The minimum absolute atomic E-state index is 0.753. The third-order valence-electron chi connectivity index (χ3n) is 5.62. The average Bonchev–Trinajstić information content (AvgIpc) is 3.22. The van der Waals surface area contributed by atoms with E-state index in [9.17, 15) is 0 Å². The van der Waals surface area contributed by atoms with Crippen LogP contribution in [0.1, 0.15) is 0 Å². The standard InChI is InChI=1S/C28H17IN2S/c29-27-17-24(21-14-15-23-22-8-4-5-9-25(22)32-26(23)16-21)30-28(31-27)20-12-10-19(11-13-20)18-6-2-1-3-7-18/h1-17H. The van der Waals surface area contributed by atoms with Crippen molar-refractivity contribution in [3.05, 3.63) is 107 Å². The zero-order valence-corrected chi connectivity index (χ0v) is 20.0. The van der Waals surface area contributed by atoms with Gasteiger partial charge in [-0.3, -0.25) is 0 Å². The van der Waals surface area contributed by atoms with E-state index < -0.39 is 0 Å². The van der Waals surface area contributed by atoms with E-state index in [4.69, 9.17) is 9.97 Å². The van der Waals surface area contributed by atoms with Crippen LogP contribution in [-0.2, 0) is 0 Å². The Labute approximate surface area is 203 Å². The van der Waals surface area contributed by atoms with Gasteiger partial charge in [0.25, 0.3) is 0 Å². The van der Waals surface area contributed by atoms with Gasteiger partial charge in [-0.2, -0.15) is 0 Å². The van der Waals surface area contributed by atoms with Gasteiger partial charge in [-0.25, -0.2) is 9.97 Å². The summed E-state index contributed by atoms with van der Waals surface area (Å²) in [6.07, 6.45) is 0. The number of hydrogen-bond donors (Lipinski definition) is 0. The van der Waals surface area contributed by atoms with Gasteiger partial charge in [0.15, 0.2) is 5.82 Å². The molecule has 4 heteroatoms. The van der Waals surface area contributed by atoms with E-state index in [0.29, 0.717) is 0 Å². The largest absolute Gasteiger partial charge is 0.228 e. The molecule has 2 heterocycles. The molecule has 0 radical (unpaired) electrons. The second kappa shape index (κ2) is 8.11. The number of halogens is 1. The van der Waals surface area contributed by atoms with E-state index in [1.165, 1.54) is 31.3 Å². The van der Waals surface area contributed by atoms with Gasteiger partial charge in [0.1, 0.15) is 3.70 Å². The van der Waals surface area contributed by atoms with Gasteiger partial charge < -0.3 is 0 Å². The summed E-state index contributed by atoms with van der Waals surface area (Å²) in [6, 6.07) is 36.2. The molecule has 4 aromatic carbocycles. The van der Waals surface area contributed by atoms with Crippen LogP contribution in [0, 0.1) is 3.70 Å². The summed E-state index contributed by atoms with van der Waals surface area (Å²) < 4.78 is 3.54. The maximum Gasteiger partial charge on any atom is 0.160 e. The highest BCUT2D eigenvalue weighted by Gasteiger charge is 2.11. The van der Waals surface area contributed by atoms with Gasteiger partial charge in [-0.05, 0) is 51.9 Å². The van der Waals surface area contributed by atoms with Crippen LogP contribution >= 0.6 is 33.9 Å². The molecule has 6 rings (SSSR count). The summed E-state index contributed by atoms with van der Waals surface area (Å²) in [7, 11) is 0. The van der Waals surface area contributed by atoms with E-state index in [0.717, 1.165) is 26.3 Å². The average molecular weight is 540 g/mol. The molecule has 0 unspecified atom stereocenters.